The first-order valence-corrected chi connectivity index (χ1v) is 9.30. The number of anilines is 1. The molecule has 2 aliphatic rings. The average molecular weight is 326 g/mol. The van der Waals surface area contributed by atoms with Crippen LogP contribution in [-0.2, 0) is 23.2 Å². The maximum Gasteiger partial charge on any atom is 0.282 e. The average Bonchev–Trinajstić information content (AvgIpc) is 2.82. The predicted octanol–water partition coefficient (Wildman–Crippen LogP) is 1.29. The van der Waals surface area contributed by atoms with Crippen LogP contribution in [-0.4, -0.2) is 36.7 Å². The monoisotopic (exact) mass is 326 g/mol. The maximum atomic E-state index is 12.7. The number of hydrogen-bond acceptors (Lipinski definition) is 5. The summed E-state index contributed by atoms with van der Waals surface area (Å²) in [6.45, 7) is 1.99. The van der Waals surface area contributed by atoms with E-state index in [9.17, 15) is 8.42 Å². The third kappa shape index (κ3) is 2.55. The molecule has 0 saturated carbocycles. The van der Waals surface area contributed by atoms with Crippen LogP contribution in [0, 0.1) is 11.3 Å². The normalized spacial score (nSPS) is 20.9. The molecule has 1 aromatic heterocycles. The van der Waals surface area contributed by atoms with Crippen molar-refractivity contribution in [2.75, 3.05) is 25.4 Å². The Morgan fingerprint density at radius 1 is 1.14 bits per heavy atom. The molecule has 3 rings (SSSR count). The van der Waals surface area contributed by atoms with Crippen molar-refractivity contribution in [3.8, 4) is 6.07 Å². The third-order valence-electron chi connectivity index (χ3n) is 4.13. The Balaban J connectivity index is 1.84. The van der Waals surface area contributed by atoms with Crippen LogP contribution in [0.25, 0.3) is 0 Å². The molecule has 0 unspecified atom stereocenters. The fourth-order valence-corrected chi connectivity index (χ4v) is 5.81. The second kappa shape index (κ2) is 5.57. The highest BCUT2D eigenvalue weighted by Gasteiger charge is 2.34. The molecule has 0 atom stereocenters. The van der Waals surface area contributed by atoms with Crippen LogP contribution in [0.1, 0.15) is 35.3 Å². The molecule has 1 saturated heterocycles. The van der Waals surface area contributed by atoms with Crippen molar-refractivity contribution in [3.05, 3.63) is 16.0 Å². The van der Waals surface area contributed by atoms with Gasteiger partial charge in [0.2, 0.25) is 0 Å². The van der Waals surface area contributed by atoms with Crippen molar-refractivity contribution in [2.24, 2.45) is 0 Å². The molecule has 0 radical (unpaired) electrons. The van der Waals surface area contributed by atoms with Crippen molar-refractivity contribution < 1.29 is 8.42 Å². The van der Waals surface area contributed by atoms with Crippen LogP contribution in [0.3, 0.4) is 0 Å². The molecule has 0 bridgehead atoms. The minimum absolute atomic E-state index is 0.338. The zero-order valence-electron chi connectivity index (χ0n) is 11.7. The van der Waals surface area contributed by atoms with Gasteiger partial charge in [0.05, 0.1) is 5.56 Å². The molecule has 6 nitrogen and oxygen atoms in total. The number of thiophene rings is 1. The van der Waals surface area contributed by atoms with Crippen LogP contribution >= 0.6 is 11.3 Å². The number of hydrogen-bond donors (Lipinski definition) is 1. The number of piperidine rings is 1. The van der Waals surface area contributed by atoms with Gasteiger partial charge in [-0.05, 0) is 24.8 Å². The summed E-state index contributed by atoms with van der Waals surface area (Å²) in [6, 6.07) is 2.13. The molecule has 3 heterocycles. The lowest BCUT2D eigenvalue weighted by molar-refractivity contribution is 0.296. The summed E-state index contributed by atoms with van der Waals surface area (Å²) in [5.74, 6) is 0. The summed E-state index contributed by atoms with van der Waals surface area (Å²) < 4.78 is 28.5. The van der Waals surface area contributed by atoms with Gasteiger partial charge >= 0.3 is 0 Å². The lowest BCUT2D eigenvalue weighted by Crippen LogP contribution is -2.47. The van der Waals surface area contributed by atoms with Crippen molar-refractivity contribution in [2.45, 2.75) is 32.2 Å². The molecule has 0 aromatic carbocycles. The summed E-state index contributed by atoms with van der Waals surface area (Å²) in [6.07, 6.45) is 3.54. The first-order chi connectivity index (χ1) is 10.0. The molecular formula is C13H18N4O2S2. The highest BCUT2D eigenvalue weighted by molar-refractivity contribution is 7.86. The van der Waals surface area contributed by atoms with Gasteiger partial charge in [-0.3, -0.25) is 0 Å². The van der Waals surface area contributed by atoms with E-state index in [1.165, 1.54) is 15.6 Å². The van der Waals surface area contributed by atoms with E-state index in [0.717, 1.165) is 29.7 Å². The Bertz CT molecular complexity index is 684. The Labute approximate surface area is 128 Å². The van der Waals surface area contributed by atoms with E-state index in [1.807, 2.05) is 0 Å². The maximum absolute atomic E-state index is 12.7. The number of nitrogens with two attached hydrogens (primary N) is 1. The van der Waals surface area contributed by atoms with E-state index in [-0.39, 0.29) is 0 Å². The first-order valence-electron chi connectivity index (χ1n) is 7.09. The van der Waals surface area contributed by atoms with Crippen molar-refractivity contribution in [3.63, 3.8) is 0 Å². The molecule has 2 aliphatic heterocycles. The van der Waals surface area contributed by atoms with Crippen LogP contribution in [0.2, 0.25) is 0 Å². The molecule has 0 spiro atoms. The molecule has 8 heteroatoms. The standard InChI is InChI=1S/C13H18N4O2S2/c14-8-11-10-4-7-17(9-12(10)20-13(11)15)21(18,19)16-5-2-1-3-6-16/h1-7,9,15H2. The molecule has 1 fully saturated rings. The van der Waals surface area contributed by atoms with Crippen LogP contribution in [0.4, 0.5) is 5.00 Å². The Morgan fingerprint density at radius 2 is 1.86 bits per heavy atom. The summed E-state index contributed by atoms with van der Waals surface area (Å²) in [7, 11) is -3.39. The second-order valence-corrected chi connectivity index (χ2v) is 8.47. The number of nitrogens with zero attached hydrogens (tertiary/aromatic N) is 3. The Hall–Kier alpha value is -1.14. The largest absolute Gasteiger partial charge is 0.389 e. The van der Waals surface area contributed by atoms with Gasteiger partial charge in [0.25, 0.3) is 10.2 Å². The number of rotatable bonds is 2. The third-order valence-corrected chi connectivity index (χ3v) is 7.16. The predicted molar refractivity (Wildman–Crippen MR) is 81.9 cm³/mol. The molecule has 0 aliphatic carbocycles. The minimum Gasteiger partial charge on any atom is -0.389 e. The zero-order valence-corrected chi connectivity index (χ0v) is 13.3. The Morgan fingerprint density at radius 3 is 2.52 bits per heavy atom. The first kappa shape index (κ1) is 14.8. The van der Waals surface area contributed by atoms with Gasteiger partial charge in [0, 0.05) is 31.1 Å². The van der Waals surface area contributed by atoms with E-state index in [1.54, 1.807) is 4.31 Å². The van der Waals surface area contributed by atoms with E-state index >= 15 is 0 Å². The lowest BCUT2D eigenvalue weighted by Gasteiger charge is -2.33. The van der Waals surface area contributed by atoms with Gasteiger partial charge in [-0.25, -0.2) is 0 Å². The quantitative estimate of drug-likeness (QED) is 0.886. The van der Waals surface area contributed by atoms with E-state index in [4.69, 9.17) is 11.0 Å². The van der Waals surface area contributed by atoms with Crippen molar-refractivity contribution in [1.29, 1.82) is 5.26 Å². The SMILES string of the molecule is N#Cc1c(N)sc2c1CCN(S(=O)(=O)N1CCCCC1)C2. The van der Waals surface area contributed by atoms with Gasteiger partial charge in [-0.15, -0.1) is 11.3 Å². The van der Waals surface area contributed by atoms with Gasteiger partial charge in [0.15, 0.2) is 0 Å². The van der Waals surface area contributed by atoms with Crippen molar-refractivity contribution >= 4 is 26.5 Å². The molecule has 0 amide bonds. The highest BCUT2D eigenvalue weighted by Crippen LogP contribution is 2.35. The molecule has 114 valence electrons. The van der Waals surface area contributed by atoms with Gasteiger partial charge in [-0.2, -0.15) is 22.3 Å². The van der Waals surface area contributed by atoms with Gasteiger partial charge < -0.3 is 5.73 Å². The van der Waals surface area contributed by atoms with E-state index in [0.29, 0.717) is 43.2 Å². The van der Waals surface area contributed by atoms with Crippen LogP contribution in [0.15, 0.2) is 0 Å². The number of nitrogen functional groups attached to an aromatic ring is 1. The van der Waals surface area contributed by atoms with E-state index < -0.39 is 10.2 Å². The molecular weight excluding hydrogens is 308 g/mol. The molecule has 1 aromatic rings. The van der Waals surface area contributed by atoms with Gasteiger partial charge in [-0.1, -0.05) is 6.42 Å². The van der Waals surface area contributed by atoms with Gasteiger partial charge in [0.1, 0.15) is 11.1 Å². The van der Waals surface area contributed by atoms with Crippen LogP contribution < -0.4 is 5.73 Å². The highest BCUT2D eigenvalue weighted by atomic mass is 32.2. The molecule has 21 heavy (non-hydrogen) atoms. The number of fused-ring (bicyclic) bond motifs is 1. The fraction of sp³-hybridized carbons (Fsp3) is 0.615. The van der Waals surface area contributed by atoms with Crippen molar-refractivity contribution in [1.82, 2.24) is 8.61 Å². The Kier molecular flexibility index (Phi) is 3.92. The number of nitriles is 1. The summed E-state index contributed by atoms with van der Waals surface area (Å²) in [5.41, 5.74) is 7.31. The fourth-order valence-electron chi connectivity index (χ4n) is 2.98. The summed E-state index contributed by atoms with van der Waals surface area (Å²) >= 11 is 1.34. The summed E-state index contributed by atoms with van der Waals surface area (Å²) in [4.78, 5) is 0.913. The van der Waals surface area contributed by atoms with Crippen LogP contribution in [0.5, 0.6) is 0 Å². The molecule has 2 N–H and O–H groups in total. The zero-order chi connectivity index (χ0) is 15.0. The minimum atomic E-state index is -3.39. The second-order valence-electron chi connectivity index (χ2n) is 5.41. The summed E-state index contributed by atoms with van der Waals surface area (Å²) in [5, 5.41) is 9.63. The smallest absolute Gasteiger partial charge is 0.282 e. The van der Waals surface area contributed by atoms with E-state index in [2.05, 4.69) is 6.07 Å². The topological polar surface area (TPSA) is 90.4 Å². The lowest BCUT2D eigenvalue weighted by atomic mass is 10.1.